The number of nitrogens with zero attached hydrogens (tertiary/aromatic N) is 1. The highest BCUT2D eigenvalue weighted by Crippen LogP contribution is 2.33. The van der Waals surface area contributed by atoms with Crippen LogP contribution in [0.25, 0.3) is 0 Å². The average Bonchev–Trinajstić information content (AvgIpc) is 2.71. The molecular formula is C16H19ClN4O4. The van der Waals surface area contributed by atoms with E-state index in [1.165, 1.54) is 6.92 Å². The predicted molar refractivity (Wildman–Crippen MR) is 90.9 cm³/mol. The Kier molecular flexibility index (Phi) is 5.32. The lowest BCUT2D eigenvalue weighted by Crippen LogP contribution is -2.48. The number of imide groups is 2. The fourth-order valence-corrected chi connectivity index (χ4v) is 2.82. The van der Waals surface area contributed by atoms with Gasteiger partial charge in [0.25, 0.3) is 5.91 Å². The molecule has 1 aliphatic rings. The second-order valence-electron chi connectivity index (χ2n) is 6.10. The number of carbonyl (C=O) groups excluding carboxylic acids is 4. The van der Waals surface area contributed by atoms with Gasteiger partial charge in [0.1, 0.15) is 12.1 Å². The molecule has 0 radical (unpaired) electrons. The van der Waals surface area contributed by atoms with Crippen molar-refractivity contribution in [2.45, 2.75) is 32.4 Å². The number of urea groups is 2. The van der Waals surface area contributed by atoms with Crippen LogP contribution in [0.4, 0.5) is 9.59 Å². The van der Waals surface area contributed by atoms with Gasteiger partial charge in [-0.2, -0.15) is 0 Å². The predicted octanol–water partition coefficient (Wildman–Crippen LogP) is 1.34. The molecule has 8 nitrogen and oxygen atoms in total. The first-order valence-electron chi connectivity index (χ1n) is 7.64. The molecule has 1 saturated heterocycles. The van der Waals surface area contributed by atoms with Crippen molar-refractivity contribution in [3.8, 4) is 0 Å². The van der Waals surface area contributed by atoms with Gasteiger partial charge >= 0.3 is 12.1 Å². The quantitative estimate of drug-likeness (QED) is 0.699. The smallest absolute Gasteiger partial charge is 0.325 e. The van der Waals surface area contributed by atoms with Gasteiger partial charge in [-0.3, -0.25) is 19.8 Å². The van der Waals surface area contributed by atoms with Crippen molar-refractivity contribution in [2.24, 2.45) is 0 Å². The fraction of sp³-hybridized carbons (Fsp3) is 0.375. The van der Waals surface area contributed by atoms with E-state index in [1.54, 1.807) is 38.1 Å². The van der Waals surface area contributed by atoms with Gasteiger partial charge < -0.3 is 10.6 Å². The van der Waals surface area contributed by atoms with E-state index in [9.17, 15) is 19.2 Å². The number of rotatable bonds is 4. The van der Waals surface area contributed by atoms with Crippen molar-refractivity contribution in [3.63, 3.8) is 0 Å². The number of carbonyl (C=O) groups is 4. The van der Waals surface area contributed by atoms with Crippen molar-refractivity contribution in [2.75, 3.05) is 6.54 Å². The van der Waals surface area contributed by atoms with Gasteiger partial charge in [-0.1, -0.05) is 29.8 Å². The molecule has 0 aromatic heterocycles. The number of amides is 6. The second-order valence-corrected chi connectivity index (χ2v) is 6.51. The third-order valence-corrected chi connectivity index (χ3v) is 3.99. The van der Waals surface area contributed by atoms with Gasteiger partial charge in [-0.15, -0.1) is 0 Å². The molecule has 25 heavy (non-hydrogen) atoms. The van der Waals surface area contributed by atoms with Crippen LogP contribution in [-0.4, -0.2) is 41.4 Å². The van der Waals surface area contributed by atoms with Gasteiger partial charge in [0.2, 0.25) is 5.91 Å². The Morgan fingerprint density at radius 1 is 1.28 bits per heavy atom. The summed E-state index contributed by atoms with van der Waals surface area (Å²) in [5.74, 6) is -1.39. The summed E-state index contributed by atoms with van der Waals surface area (Å²) in [5, 5.41) is 7.42. The number of halogens is 1. The van der Waals surface area contributed by atoms with E-state index < -0.39 is 36.0 Å². The van der Waals surface area contributed by atoms with E-state index in [1.807, 2.05) is 0 Å². The first kappa shape index (κ1) is 18.7. The Balaban J connectivity index is 2.13. The molecule has 1 aromatic rings. The van der Waals surface area contributed by atoms with Crippen molar-refractivity contribution in [1.29, 1.82) is 0 Å². The molecule has 1 aromatic carbocycles. The van der Waals surface area contributed by atoms with E-state index in [-0.39, 0.29) is 6.04 Å². The lowest BCUT2D eigenvalue weighted by molar-refractivity contribution is -0.134. The zero-order chi connectivity index (χ0) is 18.8. The summed E-state index contributed by atoms with van der Waals surface area (Å²) < 4.78 is 0. The van der Waals surface area contributed by atoms with Crippen LogP contribution in [0.3, 0.4) is 0 Å². The van der Waals surface area contributed by atoms with Gasteiger partial charge in [0, 0.05) is 16.6 Å². The maximum Gasteiger partial charge on any atom is 0.325 e. The highest BCUT2D eigenvalue weighted by atomic mass is 35.5. The summed E-state index contributed by atoms with van der Waals surface area (Å²) in [5.41, 5.74) is -0.953. The molecule has 1 atom stereocenters. The van der Waals surface area contributed by atoms with Crippen LogP contribution in [0, 0.1) is 0 Å². The molecule has 2 rings (SSSR count). The minimum Gasteiger partial charge on any atom is -0.336 e. The molecule has 6 amide bonds. The molecule has 3 N–H and O–H groups in total. The molecule has 0 aliphatic carbocycles. The van der Waals surface area contributed by atoms with E-state index >= 15 is 0 Å². The lowest BCUT2D eigenvalue weighted by Gasteiger charge is -2.23. The summed E-state index contributed by atoms with van der Waals surface area (Å²) in [6, 6.07) is 5.04. The summed E-state index contributed by atoms with van der Waals surface area (Å²) in [4.78, 5) is 49.1. The summed E-state index contributed by atoms with van der Waals surface area (Å²) in [6.45, 7) is 4.40. The van der Waals surface area contributed by atoms with Crippen LogP contribution in [0.2, 0.25) is 5.02 Å². The highest BCUT2D eigenvalue weighted by Gasteiger charge is 2.50. The first-order valence-corrected chi connectivity index (χ1v) is 8.02. The second kappa shape index (κ2) is 7.10. The summed E-state index contributed by atoms with van der Waals surface area (Å²) in [7, 11) is 0. The number of hydrogen-bond donors (Lipinski definition) is 3. The minimum absolute atomic E-state index is 0.159. The monoisotopic (exact) mass is 366 g/mol. The van der Waals surface area contributed by atoms with Crippen LogP contribution < -0.4 is 16.0 Å². The van der Waals surface area contributed by atoms with Gasteiger partial charge in [0.15, 0.2) is 0 Å². The SMILES string of the molecule is CC(C)NC(=O)NC(=O)CN1C(=O)NC(C)(c2ccccc2Cl)C1=O. The van der Waals surface area contributed by atoms with Crippen LogP contribution in [-0.2, 0) is 15.1 Å². The molecule has 1 fully saturated rings. The molecule has 0 saturated carbocycles. The molecule has 0 bridgehead atoms. The number of nitrogens with one attached hydrogen (secondary N) is 3. The third-order valence-electron chi connectivity index (χ3n) is 3.66. The van der Waals surface area contributed by atoms with Crippen molar-refractivity contribution in [1.82, 2.24) is 20.9 Å². The maximum atomic E-state index is 12.7. The van der Waals surface area contributed by atoms with Crippen LogP contribution in [0.15, 0.2) is 24.3 Å². The zero-order valence-corrected chi connectivity index (χ0v) is 14.8. The van der Waals surface area contributed by atoms with Crippen molar-refractivity contribution < 1.29 is 19.2 Å². The van der Waals surface area contributed by atoms with Crippen LogP contribution >= 0.6 is 11.6 Å². The maximum absolute atomic E-state index is 12.7. The molecule has 134 valence electrons. The van der Waals surface area contributed by atoms with E-state index in [4.69, 9.17) is 11.6 Å². The standard InChI is InChI=1S/C16H19ClN4O4/c1-9(2)18-14(24)19-12(22)8-21-13(23)16(3,20-15(21)25)10-6-4-5-7-11(10)17/h4-7,9H,8H2,1-3H3,(H,20,25)(H2,18,19,22,24). The van der Waals surface area contributed by atoms with E-state index in [0.29, 0.717) is 10.6 Å². The Labute approximate surface area is 149 Å². The largest absolute Gasteiger partial charge is 0.336 e. The minimum atomic E-state index is -1.38. The van der Waals surface area contributed by atoms with Crippen LogP contribution in [0.1, 0.15) is 26.3 Å². The zero-order valence-electron chi connectivity index (χ0n) is 14.1. The fourth-order valence-electron chi connectivity index (χ4n) is 2.50. The van der Waals surface area contributed by atoms with Gasteiger partial charge in [-0.05, 0) is 26.8 Å². The summed E-state index contributed by atoms with van der Waals surface area (Å²) >= 11 is 6.12. The normalized spacial score (nSPS) is 19.8. The molecule has 1 unspecified atom stereocenters. The molecular weight excluding hydrogens is 348 g/mol. The Morgan fingerprint density at radius 2 is 1.92 bits per heavy atom. The third kappa shape index (κ3) is 3.90. The van der Waals surface area contributed by atoms with E-state index in [0.717, 1.165) is 4.90 Å². The number of benzene rings is 1. The van der Waals surface area contributed by atoms with Gasteiger partial charge in [-0.25, -0.2) is 9.59 Å². The Hall–Kier alpha value is -2.61. The van der Waals surface area contributed by atoms with Gasteiger partial charge in [0.05, 0.1) is 0 Å². The molecule has 1 heterocycles. The number of hydrogen-bond acceptors (Lipinski definition) is 4. The molecule has 1 aliphatic heterocycles. The molecule has 9 heteroatoms. The van der Waals surface area contributed by atoms with E-state index in [2.05, 4.69) is 16.0 Å². The van der Waals surface area contributed by atoms with Crippen molar-refractivity contribution >= 4 is 35.5 Å². The highest BCUT2D eigenvalue weighted by molar-refractivity contribution is 6.32. The average molecular weight is 367 g/mol. The topological polar surface area (TPSA) is 108 Å². The first-order chi connectivity index (χ1) is 11.6. The lowest BCUT2D eigenvalue weighted by atomic mass is 9.92. The van der Waals surface area contributed by atoms with Crippen molar-refractivity contribution in [3.05, 3.63) is 34.9 Å². The Bertz CT molecular complexity index is 737. The Morgan fingerprint density at radius 3 is 2.52 bits per heavy atom. The van der Waals surface area contributed by atoms with Crippen LogP contribution in [0.5, 0.6) is 0 Å². The molecule has 0 spiro atoms. The summed E-state index contributed by atoms with van der Waals surface area (Å²) in [6.07, 6.45) is 0.